The van der Waals surface area contributed by atoms with Gasteiger partial charge >= 0.3 is 6.18 Å². The minimum atomic E-state index is -4.41. The molecule has 1 aromatic carbocycles. The number of nitrogens with one attached hydrogen (secondary N) is 2. The maximum absolute atomic E-state index is 12.8. The molecule has 0 spiro atoms. The van der Waals surface area contributed by atoms with Gasteiger partial charge in [0.1, 0.15) is 0 Å². The number of amides is 1. The summed E-state index contributed by atoms with van der Waals surface area (Å²) in [5.41, 5.74) is -0.370. The SMILES string of the molecule is Cc1ccc(NC(=O)[C@@H]2CCCNC2)cc1C(F)(F)F. The van der Waals surface area contributed by atoms with Gasteiger partial charge in [0.15, 0.2) is 0 Å². The topological polar surface area (TPSA) is 41.1 Å². The molecule has 1 aliphatic rings. The fourth-order valence-corrected chi connectivity index (χ4v) is 2.33. The zero-order chi connectivity index (χ0) is 14.8. The highest BCUT2D eigenvalue weighted by molar-refractivity contribution is 5.92. The molecule has 1 aromatic rings. The number of rotatable bonds is 2. The van der Waals surface area contributed by atoms with E-state index in [9.17, 15) is 18.0 Å². The summed E-state index contributed by atoms with van der Waals surface area (Å²) in [6.45, 7) is 2.86. The summed E-state index contributed by atoms with van der Waals surface area (Å²) in [6, 6.07) is 3.86. The van der Waals surface area contributed by atoms with Crippen molar-refractivity contribution in [2.24, 2.45) is 5.92 Å². The normalized spacial score (nSPS) is 19.7. The summed E-state index contributed by atoms with van der Waals surface area (Å²) < 4.78 is 38.4. The minimum absolute atomic E-state index is 0.148. The molecule has 1 aliphatic heterocycles. The maximum atomic E-state index is 12.8. The fraction of sp³-hybridized carbons (Fsp3) is 0.500. The molecule has 1 heterocycles. The second-order valence-electron chi connectivity index (χ2n) is 5.06. The highest BCUT2D eigenvalue weighted by Crippen LogP contribution is 2.33. The molecular weight excluding hydrogens is 269 g/mol. The summed E-state index contributed by atoms with van der Waals surface area (Å²) in [4.78, 5) is 12.0. The van der Waals surface area contributed by atoms with Gasteiger partial charge in [-0.25, -0.2) is 0 Å². The number of halogens is 3. The van der Waals surface area contributed by atoms with Gasteiger partial charge in [0.2, 0.25) is 5.91 Å². The zero-order valence-electron chi connectivity index (χ0n) is 11.2. The molecule has 0 unspecified atom stereocenters. The number of carbonyl (C=O) groups excluding carboxylic acids is 1. The Labute approximate surface area is 115 Å². The molecule has 3 nitrogen and oxygen atoms in total. The highest BCUT2D eigenvalue weighted by atomic mass is 19.4. The summed E-state index contributed by atoms with van der Waals surface area (Å²) >= 11 is 0. The monoisotopic (exact) mass is 286 g/mol. The van der Waals surface area contributed by atoms with Crippen LogP contribution in [-0.2, 0) is 11.0 Å². The van der Waals surface area contributed by atoms with Gasteiger partial charge in [-0.15, -0.1) is 0 Å². The average molecular weight is 286 g/mol. The van der Waals surface area contributed by atoms with Crippen LogP contribution in [0.5, 0.6) is 0 Å². The van der Waals surface area contributed by atoms with Crippen molar-refractivity contribution in [3.05, 3.63) is 29.3 Å². The molecule has 1 amide bonds. The summed E-state index contributed by atoms with van der Waals surface area (Å²) in [5.74, 6) is -0.409. The van der Waals surface area contributed by atoms with Crippen molar-refractivity contribution < 1.29 is 18.0 Å². The van der Waals surface area contributed by atoms with E-state index >= 15 is 0 Å². The zero-order valence-corrected chi connectivity index (χ0v) is 11.2. The summed E-state index contributed by atoms with van der Waals surface area (Å²) in [7, 11) is 0. The van der Waals surface area contributed by atoms with Crippen LogP contribution in [0.3, 0.4) is 0 Å². The van der Waals surface area contributed by atoms with E-state index in [1.54, 1.807) is 0 Å². The van der Waals surface area contributed by atoms with Gasteiger partial charge in [-0.1, -0.05) is 6.07 Å². The molecule has 0 aromatic heterocycles. The van der Waals surface area contributed by atoms with Crippen molar-refractivity contribution in [3.63, 3.8) is 0 Å². The second kappa shape index (κ2) is 5.83. The van der Waals surface area contributed by atoms with Crippen LogP contribution in [-0.4, -0.2) is 19.0 Å². The number of carbonyl (C=O) groups is 1. The van der Waals surface area contributed by atoms with Crippen molar-refractivity contribution in [1.82, 2.24) is 5.32 Å². The van der Waals surface area contributed by atoms with Gasteiger partial charge in [0, 0.05) is 12.2 Å². The Hall–Kier alpha value is -1.56. The van der Waals surface area contributed by atoms with Gasteiger partial charge in [-0.05, 0) is 44.0 Å². The predicted molar refractivity (Wildman–Crippen MR) is 70.4 cm³/mol. The Balaban J connectivity index is 2.11. The third-order valence-corrected chi connectivity index (χ3v) is 3.48. The van der Waals surface area contributed by atoms with Crippen LogP contribution in [0.1, 0.15) is 24.0 Å². The molecule has 1 saturated heterocycles. The van der Waals surface area contributed by atoms with Gasteiger partial charge in [-0.2, -0.15) is 13.2 Å². The van der Waals surface area contributed by atoms with Crippen LogP contribution >= 0.6 is 0 Å². The van der Waals surface area contributed by atoms with E-state index in [0.29, 0.717) is 6.54 Å². The lowest BCUT2D eigenvalue weighted by atomic mass is 9.98. The number of alkyl halides is 3. The van der Waals surface area contributed by atoms with Crippen LogP contribution in [0.4, 0.5) is 18.9 Å². The largest absolute Gasteiger partial charge is 0.416 e. The minimum Gasteiger partial charge on any atom is -0.326 e. The smallest absolute Gasteiger partial charge is 0.326 e. The lowest BCUT2D eigenvalue weighted by Gasteiger charge is -2.22. The van der Waals surface area contributed by atoms with Crippen LogP contribution in [0.2, 0.25) is 0 Å². The van der Waals surface area contributed by atoms with Gasteiger partial charge in [0.05, 0.1) is 11.5 Å². The molecule has 2 N–H and O–H groups in total. The van der Waals surface area contributed by atoms with Gasteiger partial charge in [-0.3, -0.25) is 4.79 Å². The highest BCUT2D eigenvalue weighted by Gasteiger charge is 2.32. The fourth-order valence-electron chi connectivity index (χ4n) is 2.33. The first-order chi connectivity index (χ1) is 9.38. The molecule has 6 heteroatoms. The van der Waals surface area contributed by atoms with Crippen LogP contribution in [0, 0.1) is 12.8 Å². The third-order valence-electron chi connectivity index (χ3n) is 3.48. The summed E-state index contributed by atoms with van der Waals surface area (Å²) in [5, 5.41) is 5.68. The Bertz CT molecular complexity index is 494. The second-order valence-corrected chi connectivity index (χ2v) is 5.06. The van der Waals surface area contributed by atoms with Gasteiger partial charge < -0.3 is 10.6 Å². The number of piperidine rings is 1. The standard InChI is InChI=1S/C14H17F3N2O/c1-9-4-5-11(7-12(9)14(15,16)17)19-13(20)10-3-2-6-18-8-10/h4-5,7,10,18H,2-3,6,8H2,1H3,(H,19,20)/t10-/m1/s1. The molecule has 0 aliphatic carbocycles. The van der Waals surface area contributed by atoms with Crippen LogP contribution in [0.25, 0.3) is 0 Å². The van der Waals surface area contributed by atoms with Crippen molar-refractivity contribution in [2.45, 2.75) is 25.9 Å². The first-order valence-electron chi connectivity index (χ1n) is 6.57. The quantitative estimate of drug-likeness (QED) is 0.877. The number of hydrogen-bond acceptors (Lipinski definition) is 2. The molecule has 2 rings (SSSR count). The number of benzene rings is 1. The first kappa shape index (κ1) is 14.8. The first-order valence-corrected chi connectivity index (χ1v) is 6.57. The molecule has 110 valence electrons. The molecule has 0 radical (unpaired) electrons. The van der Waals surface area contributed by atoms with E-state index in [0.717, 1.165) is 25.5 Å². The average Bonchev–Trinajstić information content (AvgIpc) is 2.40. The van der Waals surface area contributed by atoms with E-state index in [-0.39, 0.29) is 23.1 Å². The van der Waals surface area contributed by atoms with Crippen LogP contribution < -0.4 is 10.6 Å². The maximum Gasteiger partial charge on any atom is 0.416 e. The lowest BCUT2D eigenvalue weighted by molar-refractivity contribution is -0.138. The Morgan fingerprint density at radius 2 is 2.15 bits per heavy atom. The Morgan fingerprint density at radius 3 is 2.75 bits per heavy atom. The number of anilines is 1. The summed E-state index contributed by atoms with van der Waals surface area (Å²) in [6.07, 6.45) is -2.74. The Morgan fingerprint density at radius 1 is 1.40 bits per heavy atom. The molecule has 0 bridgehead atoms. The van der Waals surface area contributed by atoms with E-state index in [1.807, 2.05) is 0 Å². The number of aryl methyl sites for hydroxylation is 1. The molecule has 1 fully saturated rings. The van der Waals surface area contributed by atoms with Crippen molar-refractivity contribution in [2.75, 3.05) is 18.4 Å². The van der Waals surface area contributed by atoms with E-state index in [2.05, 4.69) is 10.6 Å². The van der Waals surface area contributed by atoms with Crippen molar-refractivity contribution in [1.29, 1.82) is 0 Å². The van der Waals surface area contributed by atoms with Crippen LogP contribution in [0.15, 0.2) is 18.2 Å². The predicted octanol–water partition coefficient (Wildman–Crippen LogP) is 2.95. The molecule has 1 atom stereocenters. The van der Waals surface area contributed by atoms with E-state index < -0.39 is 11.7 Å². The molecule has 0 saturated carbocycles. The van der Waals surface area contributed by atoms with E-state index in [1.165, 1.54) is 19.1 Å². The van der Waals surface area contributed by atoms with Crippen molar-refractivity contribution >= 4 is 11.6 Å². The third kappa shape index (κ3) is 3.50. The molecule has 20 heavy (non-hydrogen) atoms. The van der Waals surface area contributed by atoms with Crippen molar-refractivity contribution in [3.8, 4) is 0 Å². The lowest BCUT2D eigenvalue weighted by Crippen LogP contribution is -2.37. The Kier molecular flexibility index (Phi) is 4.32. The number of hydrogen-bond donors (Lipinski definition) is 2. The molecular formula is C14H17F3N2O. The van der Waals surface area contributed by atoms with Gasteiger partial charge in [0.25, 0.3) is 0 Å². The van der Waals surface area contributed by atoms with E-state index in [4.69, 9.17) is 0 Å².